The quantitative estimate of drug-likeness (QED) is 0.862. The molecule has 2 N–H and O–H groups in total. The van der Waals surface area contributed by atoms with Gasteiger partial charge in [-0.3, -0.25) is 0 Å². The van der Waals surface area contributed by atoms with Crippen LogP contribution in [0.3, 0.4) is 0 Å². The summed E-state index contributed by atoms with van der Waals surface area (Å²) in [6, 6.07) is 4.68. The lowest BCUT2D eigenvalue weighted by Gasteiger charge is -2.10. The SMILES string of the molecule is NCCc1cc(C(F)(F)F)c2sccc2c1. The Morgan fingerprint density at radius 1 is 1.25 bits per heavy atom. The minimum Gasteiger partial charge on any atom is -0.330 e. The fourth-order valence-corrected chi connectivity index (χ4v) is 2.58. The Kier molecular flexibility index (Phi) is 2.90. The summed E-state index contributed by atoms with van der Waals surface area (Å²) in [7, 11) is 0. The van der Waals surface area contributed by atoms with Gasteiger partial charge in [-0.05, 0) is 41.4 Å². The standard InChI is InChI=1S/C11H10F3NS/c12-11(13,14)9-6-7(1-3-15)5-8-2-4-16-10(8)9/h2,4-6H,1,3,15H2. The molecule has 1 heterocycles. The fourth-order valence-electron chi connectivity index (χ4n) is 1.67. The van der Waals surface area contributed by atoms with Gasteiger partial charge in [0.1, 0.15) is 0 Å². The summed E-state index contributed by atoms with van der Waals surface area (Å²) in [4.78, 5) is 0. The van der Waals surface area contributed by atoms with Crippen LogP contribution in [0.4, 0.5) is 13.2 Å². The zero-order chi connectivity index (χ0) is 11.8. The molecule has 0 radical (unpaired) electrons. The second-order valence-electron chi connectivity index (χ2n) is 3.52. The number of fused-ring (bicyclic) bond motifs is 1. The number of halogens is 3. The van der Waals surface area contributed by atoms with Gasteiger partial charge in [-0.25, -0.2) is 0 Å². The van der Waals surface area contributed by atoms with Crippen LogP contribution in [-0.2, 0) is 12.6 Å². The Labute approximate surface area is 94.7 Å². The van der Waals surface area contributed by atoms with Crippen molar-refractivity contribution in [2.24, 2.45) is 5.73 Å². The van der Waals surface area contributed by atoms with E-state index in [4.69, 9.17) is 5.73 Å². The average Bonchev–Trinajstić information content (AvgIpc) is 2.63. The maximum atomic E-state index is 12.8. The Hall–Kier alpha value is -1.07. The van der Waals surface area contributed by atoms with Crippen molar-refractivity contribution in [3.05, 3.63) is 34.7 Å². The molecule has 2 rings (SSSR count). The third-order valence-corrected chi connectivity index (χ3v) is 3.31. The zero-order valence-electron chi connectivity index (χ0n) is 8.34. The molecule has 1 aromatic carbocycles. The van der Waals surface area contributed by atoms with Crippen molar-refractivity contribution in [1.82, 2.24) is 0 Å². The van der Waals surface area contributed by atoms with Crippen molar-refractivity contribution in [3.63, 3.8) is 0 Å². The maximum Gasteiger partial charge on any atom is 0.417 e. The molecule has 0 saturated heterocycles. The molecule has 0 aliphatic carbocycles. The van der Waals surface area contributed by atoms with Crippen molar-refractivity contribution in [2.45, 2.75) is 12.6 Å². The largest absolute Gasteiger partial charge is 0.417 e. The van der Waals surface area contributed by atoms with E-state index in [0.717, 1.165) is 11.3 Å². The maximum absolute atomic E-state index is 12.8. The van der Waals surface area contributed by atoms with Crippen LogP contribution in [0.1, 0.15) is 11.1 Å². The molecule has 0 unspecified atom stereocenters. The van der Waals surface area contributed by atoms with E-state index in [2.05, 4.69) is 0 Å². The second-order valence-corrected chi connectivity index (χ2v) is 4.43. The minimum absolute atomic E-state index is 0.299. The summed E-state index contributed by atoms with van der Waals surface area (Å²) in [6.07, 6.45) is -3.83. The minimum atomic E-state index is -4.30. The molecule has 0 amide bonds. The van der Waals surface area contributed by atoms with Gasteiger partial charge in [-0.1, -0.05) is 6.07 Å². The molecule has 0 aliphatic rings. The van der Waals surface area contributed by atoms with Crippen molar-refractivity contribution in [2.75, 3.05) is 6.54 Å². The van der Waals surface area contributed by atoms with Crippen molar-refractivity contribution in [3.8, 4) is 0 Å². The first-order valence-electron chi connectivity index (χ1n) is 4.80. The van der Waals surface area contributed by atoms with E-state index in [1.54, 1.807) is 17.5 Å². The Balaban J connectivity index is 2.64. The van der Waals surface area contributed by atoms with Gasteiger partial charge in [0.2, 0.25) is 0 Å². The predicted octanol–water partition coefficient (Wildman–Crippen LogP) is 3.42. The number of nitrogens with two attached hydrogens (primary N) is 1. The molecule has 0 fully saturated rings. The number of rotatable bonds is 2. The first kappa shape index (κ1) is 11.4. The van der Waals surface area contributed by atoms with Crippen LogP contribution < -0.4 is 5.73 Å². The monoisotopic (exact) mass is 245 g/mol. The number of hydrogen-bond acceptors (Lipinski definition) is 2. The number of benzene rings is 1. The van der Waals surface area contributed by atoms with Crippen LogP contribution in [-0.4, -0.2) is 6.54 Å². The highest BCUT2D eigenvalue weighted by molar-refractivity contribution is 7.17. The van der Waals surface area contributed by atoms with Gasteiger partial charge in [-0.2, -0.15) is 13.2 Å². The summed E-state index contributed by atoms with van der Waals surface area (Å²) < 4.78 is 38.7. The van der Waals surface area contributed by atoms with Gasteiger partial charge in [-0.15, -0.1) is 11.3 Å². The Morgan fingerprint density at radius 3 is 2.62 bits per heavy atom. The topological polar surface area (TPSA) is 26.0 Å². The lowest BCUT2D eigenvalue weighted by Crippen LogP contribution is -2.08. The molecule has 0 spiro atoms. The van der Waals surface area contributed by atoms with E-state index < -0.39 is 11.7 Å². The molecular weight excluding hydrogens is 235 g/mol. The molecule has 0 saturated carbocycles. The van der Waals surface area contributed by atoms with Gasteiger partial charge in [0.25, 0.3) is 0 Å². The van der Waals surface area contributed by atoms with Gasteiger partial charge < -0.3 is 5.73 Å². The van der Waals surface area contributed by atoms with E-state index in [1.807, 2.05) is 0 Å². The molecule has 1 aromatic heterocycles. The van der Waals surface area contributed by atoms with Crippen LogP contribution in [0.25, 0.3) is 10.1 Å². The van der Waals surface area contributed by atoms with E-state index in [1.165, 1.54) is 6.07 Å². The van der Waals surface area contributed by atoms with Crippen LogP contribution in [0.5, 0.6) is 0 Å². The molecule has 0 atom stereocenters. The number of thiophene rings is 1. The molecule has 5 heteroatoms. The molecule has 1 nitrogen and oxygen atoms in total. The number of alkyl halides is 3. The highest BCUT2D eigenvalue weighted by Crippen LogP contribution is 2.38. The van der Waals surface area contributed by atoms with Crippen molar-refractivity contribution in [1.29, 1.82) is 0 Å². The molecule has 86 valence electrons. The van der Waals surface area contributed by atoms with Gasteiger partial charge in [0.05, 0.1) is 5.56 Å². The summed E-state index contributed by atoms with van der Waals surface area (Å²) >= 11 is 1.12. The summed E-state index contributed by atoms with van der Waals surface area (Å²) in [5, 5.41) is 2.31. The highest BCUT2D eigenvalue weighted by Gasteiger charge is 2.33. The van der Waals surface area contributed by atoms with Gasteiger partial charge in [0.15, 0.2) is 0 Å². The van der Waals surface area contributed by atoms with Gasteiger partial charge in [0, 0.05) is 4.70 Å². The van der Waals surface area contributed by atoms with Crippen LogP contribution in [0, 0.1) is 0 Å². The summed E-state index contributed by atoms with van der Waals surface area (Å²) in [5.74, 6) is 0. The van der Waals surface area contributed by atoms with E-state index >= 15 is 0 Å². The molecule has 0 bridgehead atoms. The van der Waals surface area contributed by atoms with Gasteiger partial charge >= 0.3 is 6.18 Å². The third kappa shape index (κ3) is 2.05. The molecule has 16 heavy (non-hydrogen) atoms. The molecular formula is C11H10F3NS. The van der Waals surface area contributed by atoms with Crippen molar-refractivity contribution < 1.29 is 13.2 Å². The first-order chi connectivity index (χ1) is 7.52. The lowest BCUT2D eigenvalue weighted by atomic mass is 10.1. The number of hydrogen-bond donors (Lipinski definition) is 1. The fraction of sp³-hybridized carbons (Fsp3) is 0.273. The van der Waals surface area contributed by atoms with E-state index in [9.17, 15) is 13.2 Å². The normalized spacial score (nSPS) is 12.2. The third-order valence-electron chi connectivity index (χ3n) is 2.35. The predicted molar refractivity (Wildman–Crippen MR) is 59.6 cm³/mol. The van der Waals surface area contributed by atoms with E-state index in [0.29, 0.717) is 28.6 Å². The average molecular weight is 245 g/mol. The highest BCUT2D eigenvalue weighted by atomic mass is 32.1. The molecule has 2 aromatic rings. The van der Waals surface area contributed by atoms with E-state index in [-0.39, 0.29) is 0 Å². The first-order valence-corrected chi connectivity index (χ1v) is 5.67. The van der Waals surface area contributed by atoms with Crippen LogP contribution >= 0.6 is 11.3 Å². The lowest BCUT2D eigenvalue weighted by molar-refractivity contribution is -0.136. The van der Waals surface area contributed by atoms with Crippen molar-refractivity contribution >= 4 is 21.4 Å². The van der Waals surface area contributed by atoms with Crippen LogP contribution in [0.15, 0.2) is 23.6 Å². The summed E-state index contributed by atoms with van der Waals surface area (Å²) in [5.41, 5.74) is 5.45. The smallest absolute Gasteiger partial charge is 0.330 e. The zero-order valence-corrected chi connectivity index (χ0v) is 9.16. The Morgan fingerprint density at radius 2 is 2.00 bits per heavy atom. The Bertz CT molecular complexity index is 501. The van der Waals surface area contributed by atoms with Crippen LogP contribution in [0.2, 0.25) is 0 Å². The summed E-state index contributed by atoms with van der Waals surface area (Å²) in [6.45, 7) is 0.354. The molecule has 0 aliphatic heterocycles. The second kappa shape index (κ2) is 4.07.